The maximum atomic E-state index is 9.49. The quantitative estimate of drug-likeness (QED) is 0.430. The molecular formula is C7H8BaO4. The Morgan fingerprint density at radius 1 is 1.33 bits per heavy atom. The number of rotatable bonds is 2. The summed E-state index contributed by atoms with van der Waals surface area (Å²) in [5.74, 6) is -2.42. The van der Waals surface area contributed by atoms with Gasteiger partial charge >= 0.3 is 48.9 Å². The molecule has 5 heteroatoms. The minimum atomic E-state index is -1.23. The molecule has 0 aliphatic rings. The molecule has 4 nitrogen and oxygen atoms in total. The maximum absolute atomic E-state index is 9.49. The number of hydrogen-bond acceptors (Lipinski definition) is 4. The largest absolute Gasteiger partial charge is 2.00 e. The van der Waals surface area contributed by atoms with Crippen molar-refractivity contribution in [2.45, 2.75) is 6.92 Å². The van der Waals surface area contributed by atoms with Crippen LogP contribution in [0.25, 0.3) is 0 Å². The SMILES string of the molecule is C=C(C)C(=O)[O-].C=CC(=O)[O-].[Ba+2]. The van der Waals surface area contributed by atoms with Gasteiger partial charge in [-0.3, -0.25) is 0 Å². The van der Waals surface area contributed by atoms with Gasteiger partial charge in [-0.2, -0.15) is 0 Å². The Bertz CT molecular complexity index is 174. The van der Waals surface area contributed by atoms with E-state index in [1.807, 2.05) is 0 Å². The standard InChI is InChI=1S/C4H6O2.C3H4O2.Ba/c1-3(2)4(5)6;1-2-3(4)5;/h1H2,2H3,(H,5,6);2H,1H2,(H,4,5);/q;;+2/p-2. The van der Waals surface area contributed by atoms with E-state index in [0.29, 0.717) is 0 Å². The minimum absolute atomic E-state index is 0. The van der Waals surface area contributed by atoms with E-state index in [4.69, 9.17) is 9.90 Å². The average Bonchev–Trinajstić information content (AvgIpc) is 1.89. The van der Waals surface area contributed by atoms with Crippen LogP contribution in [0.5, 0.6) is 0 Å². The summed E-state index contributed by atoms with van der Waals surface area (Å²) in [6.07, 6.45) is 0.722. The monoisotopic (exact) mass is 294 g/mol. The molecule has 0 aromatic heterocycles. The minimum Gasteiger partial charge on any atom is -0.545 e. The molecule has 0 N–H and O–H groups in total. The fraction of sp³-hybridized carbons (Fsp3) is 0.143. The van der Waals surface area contributed by atoms with E-state index in [2.05, 4.69) is 13.2 Å². The molecule has 0 atom stereocenters. The van der Waals surface area contributed by atoms with Gasteiger partial charge in [0.1, 0.15) is 0 Å². The van der Waals surface area contributed by atoms with Gasteiger partial charge in [-0.25, -0.2) is 0 Å². The van der Waals surface area contributed by atoms with Crippen molar-refractivity contribution in [1.29, 1.82) is 0 Å². The molecule has 0 heterocycles. The van der Waals surface area contributed by atoms with E-state index in [0.717, 1.165) is 6.08 Å². The molecule has 0 saturated carbocycles. The van der Waals surface area contributed by atoms with Gasteiger partial charge < -0.3 is 19.8 Å². The molecule has 0 aromatic rings. The van der Waals surface area contributed by atoms with Gasteiger partial charge in [0.2, 0.25) is 0 Å². The third-order valence-corrected chi connectivity index (χ3v) is 0.515. The summed E-state index contributed by atoms with van der Waals surface area (Å²) in [4.78, 5) is 18.6. The molecule has 0 unspecified atom stereocenters. The molecule has 12 heavy (non-hydrogen) atoms. The Hall–Kier alpha value is -0.00857. The molecule has 0 radical (unpaired) electrons. The molecule has 0 aliphatic carbocycles. The number of aliphatic carboxylic acids is 2. The van der Waals surface area contributed by atoms with Crippen molar-refractivity contribution in [2.75, 3.05) is 0 Å². The number of carboxylic acids is 2. The fourth-order valence-electron chi connectivity index (χ4n) is 0. The van der Waals surface area contributed by atoms with Crippen LogP contribution >= 0.6 is 0 Å². The second kappa shape index (κ2) is 11.0. The van der Waals surface area contributed by atoms with Crippen LogP contribution in [0.15, 0.2) is 24.8 Å². The van der Waals surface area contributed by atoms with E-state index in [1.54, 1.807) is 0 Å². The predicted octanol–water partition coefficient (Wildman–Crippen LogP) is -2.15. The zero-order valence-corrected chi connectivity index (χ0v) is 11.3. The molecule has 62 valence electrons. The molecule has 0 aromatic carbocycles. The van der Waals surface area contributed by atoms with Crippen LogP contribution < -0.4 is 10.2 Å². The van der Waals surface area contributed by atoms with Crippen LogP contribution in [0, 0.1) is 0 Å². The summed E-state index contributed by atoms with van der Waals surface area (Å²) in [7, 11) is 0. The first-order valence-corrected chi connectivity index (χ1v) is 2.62. The zero-order valence-electron chi connectivity index (χ0n) is 6.83. The van der Waals surface area contributed by atoms with Crippen LogP contribution in [-0.2, 0) is 9.59 Å². The van der Waals surface area contributed by atoms with E-state index < -0.39 is 11.9 Å². The number of carboxylic acid groups (broad SMARTS) is 2. The van der Waals surface area contributed by atoms with Gasteiger partial charge in [0.05, 0.1) is 11.9 Å². The molecular weight excluding hydrogens is 285 g/mol. The summed E-state index contributed by atoms with van der Waals surface area (Å²) < 4.78 is 0. The molecule has 0 fully saturated rings. The third-order valence-electron chi connectivity index (χ3n) is 0.515. The third kappa shape index (κ3) is 22.5. The van der Waals surface area contributed by atoms with Crippen molar-refractivity contribution < 1.29 is 19.8 Å². The smallest absolute Gasteiger partial charge is 0.545 e. The molecule has 0 rings (SSSR count). The Kier molecular flexibility index (Phi) is 16.4. The zero-order chi connectivity index (χ0) is 9.44. The number of carbonyl (C=O) groups excluding carboxylic acids is 2. The van der Waals surface area contributed by atoms with Crippen molar-refractivity contribution in [3.05, 3.63) is 24.8 Å². The second-order valence-corrected chi connectivity index (χ2v) is 1.59. The van der Waals surface area contributed by atoms with Gasteiger partial charge in [0, 0.05) is 0 Å². The van der Waals surface area contributed by atoms with Crippen LogP contribution in [0.1, 0.15) is 6.92 Å². The molecule has 0 bridgehead atoms. The maximum Gasteiger partial charge on any atom is 2.00 e. The van der Waals surface area contributed by atoms with Gasteiger partial charge in [0.25, 0.3) is 0 Å². The fourth-order valence-corrected chi connectivity index (χ4v) is 0. The van der Waals surface area contributed by atoms with Crippen LogP contribution in [0.4, 0.5) is 0 Å². The van der Waals surface area contributed by atoms with E-state index in [9.17, 15) is 9.90 Å². The first-order chi connectivity index (χ1) is 4.91. The average molecular weight is 293 g/mol. The molecule has 0 amide bonds. The summed E-state index contributed by atoms with van der Waals surface area (Å²) in [6, 6.07) is 0. The first-order valence-electron chi connectivity index (χ1n) is 2.62. The van der Waals surface area contributed by atoms with Gasteiger partial charge in [-0.15, -0.1) is 0 Å². The van der Waals surface area contributed by atoms with Crippen molar-refractivity contribution in [3.8, 4) is 0 Å². The van der Waals surface area contributed by atoms with Crippen LogP contribution in [0.2, 0.25) is 0 Å². The van der Waals surface area contributed by atoms with Crippen molar-refractivity contribution >= 4 is 60.8 Å². The Morgan fingerprint density at radius 2 is 1.50 bits per heavy atom. The molecule has 0 saturated heterocycles. The summed E-state index contributed by atoms with van der Waals surface area (Å²) in [5, 5.41) is 18.6. The van der Waals surface area contributed by atoms with E-state index in [1.165, 1.54) is 6.92 Å². The predicted molar refractivity (Wildman–Crippen MR) is 40.8 cm³/mol. The number of carbonyl (C=O) groups is 2. The normalized spacial score (nSPS) is 6.42. The number of hydrogen-bond donors (Lipinski definition) is 0. The van der Waals surface area contributed by atoms with Crippen LogP contribution in [0.3, 0.4) is 0 Å². The van der Waals surface area contributed by atoms with E-state index in [-0.39, 0.29) is 54.5 Å². The first kappa shape index (κ1) is 17.9. The van der Waals surface area contributed by atoms with Crippen LogP contribution in [-0.4, -0.2) is 60.8 Å². The van der Waals surface area contributed by atoms with Gasteiger partial charge in [0.15, 0.2) is 0 Å². The van der Waals surface area contributed by atoms with Gasteiger partial charge in [-0.05, 0) is 18.6 Å². The summed E-state index contributed by atoms with van der Waals surface area (Å²) >= 11 is 0. The van der Waals surface area contributed by atoms with Crippen molar-refractivity contribution in [1.82, 2.24) is 0 Å². The Balaban J connectivity index is -0.000000126. The summed E-state index contributed by atoms with van der Waals surface area (Å²) in [5.41, 5.74) is 0.0648. The van der Waals surface area contributed by atoms with Gasteiger partial charge in [-0.1, -0.05) is 13.2 Å². The van der Waals surface area contributed by atoms with Crippen molar-refractivity contribution in [3.63, 3.8) is 0 Å². The molecule has 0 aliphatic heterocycles. The van der Waals surface area contributed by atoms with E-state index >= 15 is 0 Å². The van der Waals surface area contributed by atoms with Crippen molar-refractivity contribution in [2.24, 2.45) is 0 Å². The Morgan fingerprint density at radius 3 is 1.50 bits per heavy atom. The topological polar surface area (TPSA) is 80.3 Å². The molecule has 0 spiro atoms. The Labute approximate surface area is 111 Å². The summed E-state index contributed by atoms with van der Waals surface area (Å²) in [6.45, 7) is 7.38. The second-order valence-electron chi connectivity index (χ2n) is 1.59.